The van der Waals surface area contributed by atoms with Crippen molar-refractivity contribution in [1.29, 1.82) is 0 Å². The zero-order chi connectivity index (χ0) is 22.0. The van der Waals surface area contributed by atoms with Gasteiger partial charge < -0.3 is 10.6 Å². The molecule has 168 valence electrons. The monoisotopic (exact) mass is 429 g/mol. The number of nitrogens with one attached hydrogen (secondary N) is 2. The van der Waals surface area contributed by atoms with Crippen molar-refractivity contribution in [3.63, 3.8) is 0 Å². The van der Waals surface area contributed by atoms with E-state index >= 15 is 0 Å². The molecule has 0 bridgehead atoms. The van der Waals surface area contributed by atoms with Gasteiger partial charge >= 0.3 is 0 Å². The normalized spacial score (nSPS) is 14.9. The first-order valence-electron chi connectivity index (χ1n) is 11.9. The number of piperidine rings is 1. The van der Waals surface area contributed by atoms with E-state index in [9.17, 15) is 0 Å². The van der Waals surface area contributed by atoms with Crippen LogP contribution in [-0.2, 0) is 13.0 Å². The Morgan fingerprint density at radius 2 is 1.56 bits per heavy atom. The zero-order valence-electron chi connectivity index (χ0n) is 19.1. The summed E-state index contributed by atoms with van der Waals surface area (Å²) in [6.45, 7) is 6.20. The topological polar surface area (TPSA) is 53.1 Å². The van der Waals surface area contributed by atoms with Crippen molar-refractivity contribution >= 4 is 11.8 Å². The lowest BCUT2D eigenvalue weighted by molar-refractivity contribution is 0.211. The Morgan fingerprint density at radius 3 is 2.28 bits per heavy atom. The molecule has 1 fully saturated rings. The zero-order valence-corrected chi connectivity index (χ0v) is 19.1. The van der Waals surface area contributed by atoms with Crippen LogP contribution in [0.2, 0.25) is 0 Å². The Bertz CT molecular complexity index is 937. The van der Waals surface area contributed by atoms with Gasteiger partial charge in [-0.15, -0.1) is 0 Å². The smallest absolute Gasteiger partial charge is 0.224 e. The molecule has 2 N–H and O–H groups in total. The highest BCUT2D eigenvalue weighted by Gasteiger charge is 2.19. The Morgan fingerprint density at radius 1 is 0.875 bits per heavy atom. The molecule has 2 aromatic carbocycles. The van der Waals surface area contributed by atoms with Gasteiger partial charge in [0.1, 0.15) is 5.82 Å². The van der Waals surface area contributed by atoms with Gasteiger partial charge in [-0.1, -0.05) is 60.7 Å². The van der Waals surface area contributed by atoms with Crippen molar-refractivity contribution in [3.8, 4) is 0 Å². The molecule has 4 rings (SSSR count). The number of aryl methyl sites for hydroxylation is 2. The summed E-state index contributed by atoms with van der Waals surface area (Å²) in [5.74, 6) is 1.67. The second-order valence-electron chi connectivity index (χ2n) is 8.77. The standard InChI is InChI=1S/C27H35N5/c1-22-20-26(30-25-15-18-32(19-16-25)21-24-13-6-3-7-14-24)31-27(29-22)28-17-9-8-12-23-10-4-2-5-11-23/h2-7,10-11,13-14,20,25H,8-9,12,15-19,21H2,1H3,(H2,28,29,30,31). The molecule has 0 saturated carbocycles. The third-order valence-electron chi connectivity index (χ3n) is 6.06. The molecular formula is C27H35N5. The molecule has 5 heteroatoms. The summed E-state index contributed by atoms with van der Waals surface area (Å²) in [6.07, 6.45) is 5.66. The lowest BCUT2D eigenvalue weighted by Gasteiger charge is -2.32. The van der Waals surface area contributed by atoms with Gasteiger partial charge in [-0.25, -0.2) is 4.98 Å². The predicted octanol–water partition coefficient (Wildman–Crippen LogP) is 5.30. The summed E-state index contributed by atoms with van der Waals surface area (Å²) in [4.78, 5) is 11.8. The molecule has 1 aliphatic heterocycles. The molecule has 0 aliphatic carbocycles. The molecule has 0 atom stereocenters. The number of anilines is 2. The van der Waals surface area contributed by atoms with Gasteiger partial charge in [0, 0.05) is 44.0 Å². The fraction of sp³-hybridized carbons (Fsp3) is 0.407. The first-order valence-corrected chi connectivity index (χ1v) is 11.9. The first-order chi connectivity index (χ1) is 15.7. The minimum atomic E-state index is 0.468. The number of rotatable bonds is 10. The molecule has 5 nitrogen and oxygen atoms in total. The summed E-state index contributed by atoms with van der Waals surface area (Å²) in [5.41, 5.74) is 3.79. The SMILES string of the molecule is Cc1cc(NC2CCN(Cc3ccccc3)CC2)nc(NCCCCc2ccccc2)n1. The van der Waals surface area contributed by atoms with E-state index < -0.39 is 0 Å². The van der Waals surface area contributed by atoms with E-state index in [0.29, 0.717) is 6.04 Å². The van der Waals surface area contributed by atoms with Crippen LogP contribution in [0.5, 0.6) is 0 Å². The molecule has 0 radical (unpaired) electrons. The van der Waals surface area contributed by atoms with Crippen LogP contribution in [0.15, 0.2) is 66.7 Å². The highest BCUT2D eigenvalue weighted by Crippen LogP contribution is 2.19. The van der Waals surface area contributed by atoms with Gasteiger partial charge in [0.05, 0.1) is 0 Å². The Labute approximate surface area is 192 Å². The molecule has 0 spiro atoms. The fourth-order valence-corrected chi connectivity index (χ4v) is 4.31. The number of hydrogen-bond acceptors (Lipinski definition) is 5. The maximum absolute atomic E-state index is 4.72. The molecule has 32 heavy (non-hydrogen) atoms. The second-order valence-corrected chi connectivity index (χ2v) is 8.77. The van der Waals surface area contributed by atoms with Crippen LogP contribution in [0.1, 0.15) is 42.5 Å². The van der Waals surface area contributed by atoms with Gasteiger partial charge in [0.2, 0.25) is 5.95 Å². The summed E-state index contributed by atoms with van der Waals surface area (Å²) >= 11 is 0. The lowest BCUT2D eigenvalue weighted by atomic mass is 10.0. The summed E-state index contributed by atoms with van der Waals surface area (Å²) in [6, 6.07) is 23.9. The van der Waals surface area contributed by atoms with Crippen LogP contribution >= 0.6 is 0 Å². The number of hydrogen-bond donors (Lipinski definition) is 2. The number of nitrogens with zero attached hydrogens (tertiary/aromatic N) is 3. The van der Waals surface area contributed by atoms with E-state index in [0.717, 1.165) is 75.7 Å². The van der Waals surface area contributed by atoms with Crippen LogP contribution in [0.3, 0.4) is 0 Å². The maximum Gasteiger partial charge on any atom is 0.224 e. The van der Waals surface area contributed by atoms with E-state index in [-0.39, 0.29) is 0 Å². The molecule has 2 heterocycles. The lowest BCUT2D eigenvalue weighted by Crippen LogP contribution is -2.38. The maximum atomic E-state index is 4.72. The van der Waals surface area contributed by atoms with Crippen LogP contribution in [0.4, 0.5) is 11.8 Å². The Balaban J connectivity index is 1.20. The molecule has 1 saturated heterocycles. The first kappa shape index (κ1) is 22.3. The molecular weight excluding hydrogens is 394 g/mol. The van der Waals surface area contributed by atoms with Crippen LogP contribution in [0.25, 0.3) is 0 Å². The van der Waals surface area contributed by atoms with Gasteiger partial charge in [-0.2, -0.15) is 4.98 Å². The van der Waals surface area contributed by atoms with Gasteiger partial charge in [0.25, 0.3) is 0 Å². The second kappa shape index (κ2) is 11.6. The quantitative estimate of drug-likeness (QED) is 0.429. The molecule has 3 aromatic rings. The summed E-state index contributed by atoms with van der Waals surface area (Å²) in [5, 5.41) is 7.07. The van der Waals surface area contributed by atoms with E-state index in [1.54, 1.807) is 0 Å². The Kier molecular flexibility index (Phi) is 8.10. The van der Waals surface area contributed by atoms with E-state index in [1.807, 2.05) is 6.92 Å². The molecule has 0 amide bonds. The van der Waals surface area contributed by atoms with E-state index in [4.69, 9.17) is 4.98 Å². The third kappa shape index (κ3) is 7.06. The minimum Gasteiger partial charge on any atom is -0.367 e. The number of benzene rings is 2. The highest BCUT2D eigenvalue weighted by atomic mass is 15.2. The summed E-state index contributed by atoms with van der Waals surface area (Å²) < 4.78 is 0. The minimum absolute atomic E-state index is 0.468. The highest BCUT2D eigenvalue weighted by molar-refractivity contribution is 5.43. The van der Waals surface area contributed by atoms with Crippen molar-refractivity contribution in [1.82, 2.24) is 14.9 Å². The van der Waals surface area contributed by atoms with Gasteiger partial charge in [-0.05, 0) is 50.2 Å². The van der Waals surface area contributed by atoms with Gasteiger partial charge in [-0.3, -0.25) is 4.90 Å². The van der Waals surface area contributed by atoms with Crippen LogP contribution in [-0.4, -0.2) is 40.5 Å². The summed E-state index contributed by atoms with van der Waals surface area (Å²) in [7, 11) is 0. The Hall–Kier alpha value is -2.92. The number of aromatic nitrogens is 2. The number of likely N-dealkylation sites (tertiary alicyclic amines) is 1. The molecule has 1 aromatic heterocycles. The fourth-order valence-electron chi connectivity index (χ4n) is 4.31. The van der Waals surface area contributed by atoms with Crippen molar-refractivity contribution < 1.29 is 0 Å². The third-order valence-corrected chi connectivity index (χ3v) is 6.06. The van der Waals surface area contributed by atoms with Crippen LogP contribution in [0, 0.1) is 6.92 Å². The van der Waals surface area contributed by atoms with Crippen molar-refractivity contribution in [2.24, 2.45) is 0 Å². The largest absolute Gasteiger partial charge is 0.367 e. The average Bonchev–Trinajstić information content (AvgIpc) is 2.81. The predicted molar refractivity (Wildman–Crippen MR) is 133 cm³/mol. The van der Waals surface area contributed by atoms with Crippen molar-refractivity contribution in [2.75, 3.05) is 30.3 Å². The molecule has 0 unspecified atom stereocenters. The van der Waals surface area contributed by atoms with Crippen molar-refractivity contribution in [3.05, 3.63) is 83.6 Å². The van der Waals surface area contributed by atoms with Gasteiger partial charge in [0.15, 0.2) is 0 Å². The number of unbranched alkanes of at least 4 members (excludes halogenated alkanes) is 1. The van der Waals surface area contributed by atoms with Crippen LogP contribution < -0.4 is 10.6 Å². The van der Waals surface area contributed by atoms with E-state index in [2.05, 4.69) is 87.2 Å². The van der Waals surface area contributed by atoms with Crippen molar-refractivity contribution in [2.45, 2.75) is 51.6 Å². The average molecular weight is 430 g/mol. The van der Waals surface area contributed by atoms with E-state index in [1.165, 1.54) is 11.1 Å². The molecule has 1 aliphatic rings.